The first-order valence-corrected chi connectivity index (χ1v) is 19.5. The minimum absolute atomic E-state index is 0.249. The monoisotopic (exact) mass is 455 g/mol. The average Bonchev–Trinajstić information content (AvgIpc) is 3.72. The van der Waals surface area contributed by atoms with Crippen molar-refractivity contribution >= 4 is 18.5 Å². The number of hydrogen-bond acceptors (Lipinski definition) is 1. The van der Waals surface area contributed by atoms with Gasteiger partial charge in [0.05, 0.1) is 0 Å². The Hall–Kier alpha value is -0.651. The minimum atomic E-state index is -3.66. The third-order valence-electron chi connectivity index (χ3n) is 19.5. The molecule has 0 radical (unpaired) electrons. The van der Waals surface area contributed by atoms with E-state index in [0.29, 0.717) is 0 Å². The van der Waals surface area contributed by atoms with E-state index < -0.39 is 6.51 Å². The van der Waals surface area contributed by atoms with Crippen LogP contribution in [0, 0.1) is 0 Å². The number of hydrogen-bond donors (Lipinski definition) is 0. The molecule has 1 nitrogen and oxygen atoms in total. The number of benzene rings is 2. The van der Waals surface area contributed by atoms with Crippen molar-refractivity contribution in [2.24, 2.45) is 0 Å². The summed E-state index contributed by atoms with van der Waals surface area (Å²) in [5.41, 5.74) is 0. The molecule has 10 saturated heterocycles. The van der Waals surface area contributed by atoms with Gasteiger partial charge in [-0.25, -0.2) is 0 Å². The Kier molecular flexibility index (Phi) is 0.872. The topological polar surface area (TPSA) is 3.24 Å². The summed E-state index contributed by atoms with van der Waals surface area (Å²) in [6.45, 7) is 1.97. The maximum atomic E-state index is 2.94. The summed E-state index contributed by atoms with van der Waals surface area (Å²) in [5.74, 6) is 0. The van der Waals surface area contributed by atoms with Gasteiger partial charge in [0.25, 0.3) is 0 Å². The Morgan fingerprint density at radius 2 is 1.27 bits per heavy atom. The van der Waals surface area contributed by atoms with E-state index in [4.69, 9.17) is 0 Å². The third kappa shape index (κ3) is 0.242. The molecule has 1 spiro atoms. The SMILES string of the molecule is CC(N(C)C)[C]12[CH]3[CH]4[C]5(C)[C]1(P(c1ccccc1)c1ccccc1)[Fe]43521678[CH]2[CH]1[CH]6[CH]7[CH]28. The molecular formula is C27H30FeNP. The van der Waals surface area contributed by atoms with E-state index >= 15 is 0 Å². The maximum absolute atomic E-state index is 3.66. The Bertz CT molecular complexity index is 1620. The van der Waals surface area contributed by atoms with Crippen LogP contribution in [0.25, 0.3) is 0 Å². The second kappa shape index (κ2) is 1.81. The van der Waals surface area contributed by atoms with Crippen molar-refractivity contribution in [3.8, 4) is 0 Å². The molecule has 10 aliphatic rings. The molecule has 156 valence electrons. The van der Waals surface area contributed by atoms with Crippen LogP contribution in [0.15, 0.2) is 60.7 Å². The van der Waals surface area contributed by atoms with Gasteiger partial charge in [-0.15, -0.1) is 0 Å². The van der Waals surface area contributed by atoms with E-state index in [2.05, 4.69) is 93.5 Å². The number of fused-ring (bicyclic) bond motifs is 10. The Balaban J connectivity index is 1.31. The number of nitrogens with zero attached hydrogens (tertiary/aromatic N) is 1. The second-order valence-corrected chi connectivity index (χ2v) is 40.8. The zero-order valence-electron chi connectivity index (χ0n) is 18.1. The predicted octanol–water partition coefficient (Wildman–Crippen LogP) is 6.13. The summed E-state index contributed by atoms with van der Waals surface area (Å²) in [6, 6.07) is 24.8. The molecule has 3 heteroatoms. The van der Waals surface area contributed by atoms with E-state index in [-0.39, 0.29) is 7.92 Å². The van der Waals surface area contributed by atoms with Gasteiger partial charge in [-0.05, 0) is 0 Å². The van der Waals surface area contributed by atoms with Crippen LogP contribution in [0.1, 0.15) is 13.8 Å². The fourth-order valence-electron chi connectivity index (χ4n) is 22.0. The van der Waals surface area contributed by atoms with Crippen LogP contribution >= 0.6 is 7.92 Å². The number of rotatable bonds is 5. The zero-order chi connectivity index (χ0) is 19.8. The molecule has 0 saturated carbocycles. The van der Waals surface area contributed by atoms with Crippen LogP contribution in [0.2, 0.25) is 42.3 Å². The van der Waals surface area contributed by atoms with Gasteiger partial charge < -0.3 is 0 Å². The molecule has 6 unspecified atom stereocenters. The molecule has 10 heterocycles. The average molecular weight is 455 g/mol. The molecule has 6 atom stereocenters. The first-order valence-electron chi connectivity index (χ1n) is 12.0. The van der Waals surface area contributed by atoms with Gasteiger partial charge in [0.2, 0.25) is 0 Å². The molecule has 0 aliphatic carbocycles. The Morgan fingerprint density at radius 3 is 1.63 bits per heavy atom. The van der Waals surface area contributed by atoms with Crippen LogP contribution in [0.5, 0.6) is 0 Å². The predicted molar refractivity (Wildman–Crippen MR) is 122 cm³/mol. The second-order valence-electron chi connectivity index (χ2n) is 14.8. The van der Waals surface area contributed by atoms with Gasteiger partial charge in [-0.1, -0.05) is 0 Å². The molecule has 0 amide bonds. The summed E-state index contributed by atoms with van der Waals surface area (Å²) >= 11 is 0. The van der Waals surface area contributed by atoms with Crippen molar-refractivity contribution in [1.29, 1.82) is 0 Å². The first kappa shape index (κ1) is 14.5. The molecular weight excluding hydrogens is 425 g/mol. The summed E-state index contributed by atoms with van der Waals surface area (Å²) in [4.78, 5) is 11.9. The summed E-state index contributed by atoms with van der Waals surface area (Å²) in [5, 5.41) is 3.44. The van der Waals surface area contributed by atoms with Gasteiger partial charge >= 0.3 is 171 Å². The van der Waals surface area contributed by atoms with Crippen LogP contribution in [0.4, 0.5) is 0 Å². The van der Waals surface area contributed by atoms with E-state index in [1.807, 2.05) is 0 Å². The van der Waals surface area contributed by atoms with Crippen molar-refractivity contribution in [2.45, 2.75) is 66.3 Å². The van der Waals surface area contributed by atoms with Crippen LogP contribution in [-0.4, -0.2) is 29.1 Å². The van der Waals surface area contributed by atoms with Gasteiger partial charge in [0.15, 0.2) is 0 Å². The molecule has 2 aromatic rings. The van der Waals surface area contributed by atoms with Crippen LogP contribution in [0.3, 0.4) is 0 Å². The zero-order valence-corrected chi connectivity index (χ0v) is 20.1. The molecule has 30 heavy (non-hydrogen) atoms. The van der Waals surface area contributed by atoms with Crippen molar-refractivity contribution in [3.05, 3.63) is 60.7 Å². The molecule has 2 aromatic carbocycles. The van der Waals surface area contributed by atoms with E-state index in [1.54, 1.807) is 10.6 Å². The molecule has 0 bridgehead atoms. The molecule has 0 aromatic heterocycles. The van der Waals surface area contributed by atoms with Gasteiger partial charge in [-0.3, -0.25) is 0 Å². The normalized spacial score (nSPS) is 78.9. The van der Waals surface area contributed by atoms with Gasteiger partial charge in [0, 0.05) is 0 Å². The van der Waals surface area contributed by atoms with Crippen molar-refractivity contribution in [2.75, 3.05) is 14.1 Å². The fraction of sp³-hybridized carbons (Fsp3) is 0.556. The van der Waals surface area contributed by atoms with Crippen molar-refractivity contribution in [1.82, 2.24) is 4.90 Å². The summed E-state index contributed by atoms with van der Waals surface area (Å²) < 4.78 is 2.45. The van der Waals surface area contributed by atoms with E-state index in [9.17, 15) is 0 Å². The van der Waals surface area contributed by atoms with Crippen LogP contribution in [-0.2, 0) is 6.51 Å². The van der Waals surface area contributed by atoms with Crippen LogP contribution < -0.4 is 10.6 Å². The van der Waals surface area contributed by atoms with E-state index in [1.165, 1.54) is 33.7 Å². The third-order valence-corrected chi connectivity index (χ3v) is 71.6. The molecule has 0 N–H and O–H groups in total. The quantitative estimate of drug-likeness (QED) is 0.388. The standard InChI is InChI=1S/C22H25NP.C5H5.Fe/c1-17-15-16-21(18(2)23(3)4)22(17)24(19-11-7-5-8-12-19)20-13-9-6-10-14-20;1-2-4-5-3-1;/h5-16,18H,1-4H3;1-5H;. The summed E-state index contributed by atoms with van der Waals surface area (Å²) in [6.07, 6.45) is 0. The first-order chi connectivity index (χ1) is 14.3. The fourth-order valence-corrected chi connectivity index (χ4v) is 117. The van der Waals surface area contributed by atoms with Crippen molar-refractivity contribution in [3.63, 3.8) is 0 Å². The Labute approximate surface area is 170 Å². The van der Waals surface area contributed by atoms with E-state index in [0.717, 1.165) is 18.7 Å². The van der Waals surface area contributed by atoms with Gasteiger partial charge in [0.1, 0.15) is 0 Å². The molecule has 10 aliphatic heterocycles. The summed E-state index contributed by atoms with van der Waals surface area (Å²) in [7, 11) is 4.58. The van der Waals surface area contributed by atoms with Crippen molar-refractivity contribution < 1.29 is 6.51 Å². The Morgan fingerprint density at radius 1 is 0.800 bits per heavy atom. The molecule has 10 fully saturated rings. The molecule has 12 rings (SSSR count). The van der Waals surface area contributed by atoms with Gasteiger partial charge in [-0.2, -0.15) is 0 Å².